The first kappa shape index (κ1) is 22.2. The zero-order valence-corrected chi connectivity index (χ0v) is 18.1. The number of ether oxygens (including phenoxy) is 3. The van der Waals surface area contributed by atoms with Crippen molar-refractivity contribution in [3.63, 3.8) is 0 Å². The number of amides is 1. The first-order valence-electron chi connectivity index (χ1n) is 10.4. The van der Waals surface area contributed by atoms with E-state index in [0.717, 1.165) is 18.4 Å². The zero-order valence-electron chi connectivity index (χ0n) is 18.1. The van der Waals surface area contributed by atoms with Crippen molar-refractivity contribution < 1.29 is 19.0 Å². The van der Waals surface area contributed by atoms with Crippen molar-refractivity contribution in [1.82, 2.24) is 10.3 Å². The van der Waals surface area contributed by atoms with E-state index in [-0.39, 0.29) is 12.1 Å². The first-order chi connectivity index (χ1) is 15.0. The Bertz CT molecular complexity index is 942. The van der Waals surface area contributed by atoms with Crippen LogP contribution in [0.1, 0.15) is 32.8 Å². The van der Waals surface area contributed by atoms with E-state index < -0.39 is 6.09 Å². The van der Waals surface area contributed by atoms with Gasteiger partial charge < -0.3 is 19.5 Å². The molecule has 1 aromatic heterocycles. The third kappa shape index (κ3) is 7.66. The average molecular weight is 421 g/mol. The van der Waals surface area contributed by atoms with E-state index >= 15 is 0 Å². The molecule has 3 aromatic rings. The predicted molar refractivity (Wildman–Crippen MR) is 120 cm³/mol. The lowest BCUT2D eigenvalue weighted by atomic mass is 10.1. The molecule has 0 aliphatic carbocycles. The minimum Gasteiger partial charge on any atom is -0.489 e. The van der Waals surface area contributed by atoms with Crippen LogP contribution in [0.2, 0.25) is 0 Å². The van der Waals surface area contributed by atoms with Crippen LogP contribution >= 0.6 is 0 Å². The Kier molecular flexibility index (Phi) is 7.87. The van der Waals surface area contributed by atoms with Crippen molar-refractivity contribution in [1.29, 1.82) is 0 Å². The average Bonchev–Trinajstić information content (AvgIpc) is 2.75. The van der Waals surface area contributed by atoms with Gasteiger partial charge in [0.25, 0.3) is 0 Å². The molecule has 6 heteroatoms. The highest BCUT2D eigenvalue weighted by atomic mass is 16.6. The van der Waals surface area contributed by atoms with Gasteiger partial charge in [0.1, 0.15) is 17.2 Å². The summed E-state index contributed by atoms with van der Waals surface area (Å²) in [5.41, 5.74) is 1.16. The van der Waals surface area contributed by atoms with Crippen LogP contribution in [0.4, 0.5) is 4.79 Å². The second-order valence-electron chi connectivity index (χ2n) is 7.53. The molecule has 0 saturated heterocycles. The van der Waals surface area contributed by atoms with Crippen molar-refractivity contribution in [2.45, 2.75) is 45.8 Å². The van der Waals surface area contributed by atoms with E-state index in [1.165, 1.54) is 0 Å². The normalized spacial score (nSPS) is 11.6. The summed E-state index contributed by atoms with van der Waals surface area (Å²) in [6.07, 6.45) is 2.93. The third-order valence-corrected chi connectivity index (χ3v) is 4.41. The summed E-state index contributed by atoms with van der Waals surface area (Å²) in [7, 11) is 0. The van der Waals surface area contributed by atoms with Crippen LogP contribution in [-0.4, -0.2) is 23.2 Å². The largest absolute Gasteiger partial charge is 0.489 e. The molecule has 0 saturated carbocycles. The molecule has 1 unspecified atom stereocenters. The van der Waals surface area contributed by atoms with Gasteiger partial charge in [0.15, 0.2) is 0 Å². The van der Waals surface area contributed by atoms with E-state index in [9.17, 15) is 4.79 Å². The number of benzene rings is 2. The number of aryl methyl sites for hydroxylation is 1. The molecule has 0 spiro atoms. The number of rotatable bonds is 9. The van der Waals surface area contributed by atoms with Gasteiger partial charge in [0, 0.05) is 12.1 Å². The molecule has 0 fully saturated rings. The van der Waals surface area contributed by atoms with E-state index in [2.05, 4.69) is 10.3 Å². The number of hydrogen-bond donors (Lipinski definition) is 1. The van der Waals surface area contributed by atoms with Crippen LogP contribution in [-0.2, 0) is 6.42 Å². The standard InChI is InChI=1S/C25H28N2O4/c1-18(2)29-23-15-16-24(26-17-23)30-22-13-11-20(12-14-22)10-9-19(3)27-25(28)31-21-7-5-4-6-8-21/h4-8,11-19H,9-10H2,1-3H3,(H,27,28). The lowest BCUT2D eigenvalue weighted by molar-refractivity contribution is 0.196. The highest BCUT2D eigenvalue weighted by Crippen LogP contribution is 2.22. The van der Waals surface area contributed by atoms with Crippen molar-refractivity contribution >= 4 is 6.09 Å². The number of carbonyl (C=O) groups excluding carboxylic acids is 1. The molecule has 0 aliphatic heterocycles. The SMILES string of the molecule is CC(CCc1ccc(Oc2ccc(OC(C)C)cn2)cc1)NC(=O)Oc1ccccc1. The van der Waals surface area contributed by atoms with E-state index in [1.54, 1.807) is 24.4 Å². The summed E-state index contributed by atoms with van der Waals surface area (Å²) in [5.74, 6) is 2.47. The Morgan fingerprint density at radius 3 is 2.26 bits per heavy atom. The third-order valence-electron chi connectivity index (χ3n) is 4.41. The number of para-hydroxylation sites is 1. The highest BCUT2D eigenvalue weighted by molar-refractivity contribution is 5.70. The van der Waals surface area contributed by atoms with Gasteiger partial charge in [-0.1, -0.05) is 30.3 Å². The molecular weight excluding hydrogens is 392 g/mol. The van der Waals surface area contributed by atoms with E-state index in [1.807, 2.05) is 69.3 Å². The lowest BCUT2D eigenvalue weighted by Gasteiger charge is -2.14. The molecule has 0 radical (unpaired) electrons. The van der Waals surface area contributed by atoms with Crippen molar-refractivity contribution in [2.75, 3.05) is 0 Å². The Morgan fingerprint density at radius 1 is 0.903 bits per heavy atom. The summed E-state index contributed by atoms with van der Waals surface area (Å²) in [4.78, 5) is 16.2. The molecule has 162 valence electrons. The molecule has 2 aromatic carbocycles. The van der Waals surface area contributed by atoms with Gasteiger partial charge in [-0.25, -0.2) is 9.78 Å². The fourth-order valence-corrected chi connectivity index (χ4v) is 2.90. The Morgan fingerprint density at radius 2 is 1.61 bits per heavy atom. The summed E-state index contributed by atoms with van der Waals surface area (Å²) in [6.45, 7) is 5.90. The molecule has 1 amide bonds. The second kappa shape index (κ2) is 11.0. The molecule has 0 aliphatic rings. The maximum atomic E-state index is 12.0. The summed E-state index contributed by atoms with van der Waals surface area (Å²) < 4.78 is 16.6. The maximum Gasteiger partial charge on any atom is 0.412 e. The van der Waals surface area contributed by atoms with Crippen LogP contribution in [0.5, 0.6) is 23.1 Å². The van der Waals surface area contributed by atoms with Crippen LogP contribution in [0.25, 0.3) is 0 Å². The smallest absolute Gasteiger partial charge is 0.412 e. The molecule has 1 heterocycles. The van der Waals surface area contributed by atoms with Gasteiger partial charge in [-0.2, -0.15) is 0 Å². The second-order valence-corrected chi connectivity index (χ2v) is 7.53. The van der Waals surface area contributed by atoms with Gasteiger partial charge >= 0.3 is 6.09 Å². The molecule has 31 heavy (non-hydrogen) atoms. The van der Waals surface area contributed by atoms with Gasteiger partial charge in [0.2, 0.25) is 5.88 Å². The predicted octanol–water partition coefficient (Wildman–Crippen LogP) is 5.77. The van der Waals surface area contributed by atoms with Gasteiger partial charge in [0.05, 0.1) is 12.3 Å². The summed E-state index contributed by atoms with van der Waals surface area (Å²) >= 11 is 0. The molecule has 1 N–H and O–H groups in total. The van der Waals surface area contributed by atoms with Crippen molar-refractivity contribution in [3.05, 3.63) is 78.5 Å². The maximum absolute atomic E-state index is 12.0. The number of nitrogens with zero attached hydrogens (tertiary/aromatic N) is 1. The van der Waals surface area contributed by atoms with Crippen LogP contribution in [0.15, 0.2) is 72.9 Å². The van der Waals surface area contributed by atoms with Gasteiger partial charge in [-0.3, -0.25) is 0 Å². The molecule has 0 bridgehead atoms. The zero-order chi connectivity index (χ0) is 22.1. The number of pyridine rings is 1. The molecule has 1 atom stereocenters. The number of nitrogens with one attached hydrogen (secondary N) is 1. The molecular formula is C25H28N2O4. The van der Waals surface area contributed by atoms with Crippen LogP contribution < -0.4 is 19.5 Å². The van der Waals surface area contributed by atoms with E-state index in [0.29, 0.717) is 23.1 Å². The number of carbonyl (C=O) groups is 1. The van der Waals surface area contributed by atoms with Crippen molar-refractivity contribution in [3.8, 4) is 23.1 Å². The fourth-order valence-electron chi connectivity index (χ4n) is 2.90. The van der Waals surface area contributed by atoms with Crippen LogP contribution in [0.3, 0.4) is 0 Å². The Balaban J connectivity index is 1.43. The number of aromatic nitrogens is 1. The Hall–Kier alpha value is -3.54. The van der Waals surface area contributed by atoms with Crippen molar-refractivity contribution in [2.24, 2.45) is 0 Å². The quantitative estimate of drug-likeness (QED) is 0.476. The summed E-state index contributed by atoms with van der Waals surface area (Å²) in [5, 5.41) is 2.85. The molecule has 3 rings (SSSR count). The molecule has 6 nitrogen and oxygen atoms in total. The number of hydrogen-bond acceptors (Lipinski definition) is 5. The minimum atomic E-state index is -0.445. The van der Waals surface area contributed by atoms with Gasteiger partial charge in [-0.05, 0) is 69.5 Å². The monoisotopic (exact) mass is 420 g/mol. The van der Waals surface area contributed by atoms with Crippen LogP contribution in [0, 0.1) is 0 Å². The fraction of sp³-hybridized carbons (Fsp3) is 0.280. The minimum absolute atomic E-state index is 0.0112. The van der Waals surface area contributed by atoms with Gasteiger partial charge in [-0.15, -0.1) is 0 Å². The van der Waals surface area contributed by atoms with E-state index in [4.69, 9.17) is 14.2 Å². The first-order valence-corrected chi connectivity index (χ1v) is 10.4. The lowest BCUT2D eigenvalue weighted by Crippen LogP contribution is -2.35. The Labute approximate surface area is 183 Å². The highest BCUT2D eigenvalue weighted by Gasteiger charge is 2.10. The summed E-state index contributed by atoms with van der Waals surface area (Å²) in [6, 6.07) is 20.5. The topological polar surface area (TPSA) is 69.7 Å².